The number of carbonyl (C=O) groups excluding carboxylic acids is 2. The first kappa shape index (κ1) is 22.5. The Morgan fingerprint density at radius 3 is 2.39 bits per heavy atom. The Hall–Kier alpha value is -3.16. The summed E-state index contributed by atoms with van der Waals surface area (Å²) in [6.07, 6.45) is 4.26. The van der Waals surface area contributed by atoms with E-state index < -0.39 is 12.5 Å². The Labute approximate surface area is 179 Å². The molecule has 0 atom stereocenters. The van der Waals surface area contributed by atoms with Crippen molar-refractivity contribution in [2.24, 2.45) is 0 Å². The summed E-state index contributed by atoms with van der Waals surface area (Å²) >= 11 is 0. The molecule has 3 rings (SSSR count). The number of halogens is 2. The zero-order valence-electron chi connectivity index (χ0n) is 17.3. The van der Waals surface area contributed by atoms with Crippen molar-refractivity contribution in [3.63, 3.8) is 0 Å². The molecule has 1 aliphatic carbocycles. The smallest absolute Gasteiger partial charge is 0.387 e. The normalized spacial score (nSPS) is 14.8. The van der Waals surface area contributed by atoms with Gasteiger partial charge in [-0.15, -0.1) is 0 Å². The van der Waals surface area contributed by atoms with Crippen LogP contribution in [0.2, 0.25) is 0 Å². The van der Waals surface area contributed by atoms with Crippen molar-refractivity contribution in [3.8, 4) is 11.5 Å². The third-order valence-corrected chi connectivity index (χ3v) is 5.62. The van der Waals surface area contributed by atoms with Gasteiger partial charge >= 0.3 is 6.61 Å². The van der Waals surface area contributed by atoms with E-state index in [1.165, 1.54) is 30.9 Å². The summed E-state index contributed by atoms with van der Waals surface area (Å²) in [4.78, 5) is 24.7. The molecule has 0 bridgehead atoms. The van der Waals surface area contributed by atoms with E-state index in [1.54, 1.807) is 0 Å². The predicted octanol–water partition coefficient (Wildman–Crippen LogP) is 3.65. The molecule has 2 amide bonds. The first-order valence-corrected chi connectivity index (χ1v) is 10.2. The van der Waals surface area contributed by atoms with Crippen molar-refractivity contribution >= 4 is 11.8 Å². The van der Waals surface area contributed by atoms with Crippen LogP contribution in [0.1, 0.15) is 41.6 Å². The SMILES string of the molecule is COc1cc(C(=O)NCC(=O)NCC2(c3ccccc3)CCCC2)ccc1OC(F)F. The van der Waals surface area contributed by atoms with Gasteiger partial charge in [0.1, 0.15) is 0 Å². The number of ether oxygens (including phenoxy) is 2. The molecule has 0 saturated heterocycles. The van der Waals surface area contributed by atoms with Crippen LogP contribution in [-0.2, 0) is 10.2 Å². The fourth-order valence-electron chi connectivity index (χ4n) is 4.01. The number of rotatable bonds is 9. The quantitative estimate of drug-likeness (QED) is 0.634. The summed E-state index contributed by atoms with van der Waals surface area (Å²) in [5.74, 6) is -0.978. The molecule has 6 nitrogen and oxygen atoms in total. The van der Waals surface area contributed by atoms with E-state index >= 15 is 0 Å². The molecule has 0 aliphatic heterocycles. The van der Waals surface area contributed by atoms with Gasteiger partial charge in [0.05, 0.1) is 13.7 Å². The van der Waals surface area contributed by atoms with Gasteiger partial charge in [-0.25, -0.2) is 0 Å². The van der Waals surface area contributed by atoms with Gasteiger partial charge in [-0.2, -0.15) is 8.78 Å². The monoisotopic (exact) mass is 432 g/mol. The molecule has 0 unspecified atom stereocenters. The van der Waals surface area contributed by atoms with Crippen LogP contribution in [0.25, 0.3) is 0 Å². The topological polar surface area (TPSA) is 76.7 Å². The van der Waals surface area contributed by atoms with Crippen molar-refractivity contribution in [1.82, 2.24) is 10.6 Å². The molecule has 31 heavy (non-hydrogen) atoms. The van der Waals surface area contributed by atoms with E-state index in [1.807, 2.05) is 18.2 Å². The minimum atomic E-state index is -3.00. The first-order valence-electron chi connectivity index (χ1n) is 10.2. The predicted molar refractivity (Wildman–Crippen MR) is 112 cm³/mol. The summed E-state index contributed by atoms with van der Waals surface area (Å²) in [5.41, 5.74) is 1.31. The lowest BCUT2D eigenvalue weighted by atomic mass is 9.79. The van der Waals surface area contributed by atoms with Crippen LogP contribution in [0.4, 0.5) is 8.78 Å². The van der Waals surface area contributed by atoms with Crippen LogP contribution < -0.4 is 20.1 Å². The highest BCUT2D eigenvalue weighted by Gasteiger charge is 2.35. The zero-order valence-corrected chi connectivity index (χ0v) is 17.3. The summed E-state index contributed by atoms with van der Waals surface area (Å²) in [7, 11) is 1.29. The van der Waals surface area contributed by atoms with Crippen LogP contribution in [0.5, 0.6) is 11.5 Å². The molecule has 166 valence electrons. The maximum atomic E-state index is 12.4. The Morgan fingerprint density at radius 2 is 1.74 bits per heavy atom. The lowest BCUT2D eigenvalue weighted by Gasteiger charge is -2.30. The first-order chi connectivity index (χ1) is 14.9. The van der Waals surface area contributed by atoms with E-state index in [9.17, 15) is 18.4 Å². The highest BCUT2D eigenvalue weighted by Crippen LogP contribution is 2.40. The van der Waals surface area contributed by atoms with Crippen LogP contribution in [0.15, 0.2) is 48.5 Å². The Morgan fingerprint density at radius 1 is 1.03 bits per heavy atom. The van der Waals surface area contributed by atoms with Gasteiger partial charge in [-0.3, -0.25) is 9.59 Å². The minimum Gasteiger partial charge on any atom is -0.493 e. The maximum absolute atomic E-state index is 12.4. The Kier molecular flexibility index (Phi) is 7.44. The number of carbonyl (C=O) groups is 2. The second-order valence-electron chi connectivity index (χ2n) is 7.56. The molecular formula is C23H26F2N2O4. The van der Waals surface area contributed by atoms with Crippen LogP contribution >= 0.6 is 0 Å². The second kappa shape index (κ2) is 10.2. The molecule has 0 spiro atoms. The second-order valence-corrected chi connectivity index (χ2v) is 7.56. The van der Waals surface area contributed by atoms with Gasteiger partial charge in [-0.1, -0.05) is 43.2 Å². The summed E-state index contributed by atoms with van der Waals surface area (Å²) in [6, 6.07) is 14.0. The fourth-order valence-corrected chi connectivity index (χ4v) is 4.01. The molecule has 0 heterocycles. The Balaban J connectivity index is 1.55. The average molecular weight is 432 g/mol. The number of methoxy groups -OCH3 is 1. The largest absolute Gasteiger partial charge is 0.493 e. The van der Waals surface area contributed by atoms with Crippen molar-refractivity contribution in [2.45, 2.75) is 37.7 Å². The van der Waals surface area contributed by atoms with Gasteiger partial charge < -0.3 is 20.1 Å². The number of benzene rings is 2. The van der Waals surface area contributed by atoms with Gasteiger partial charge in [0, 0.05) is 17.5 Å². The standard InChI is InChI=1S/C23H26F2N2O4/c1-30-19-13-16(9-10-18(19)31-22(24)25)21(29)26-14-20(28)27-15-23(11-5-6-12-23)17-7-3-2-4-8-17/h2-4,7-10,13,22H,5-6,11-12,14-15H2,1H3,(H,26,29)(H,27,28). The third-order valence-electron chi connectivity index (χ3n) is 5.62. The van der Waals surface area contributed by atoms with Crippen LogP contribution in [0.3, 0.4) is 0 Å². The molecular weight excluding hydrogens is 406 g/mol. The van der Waals surface area contributed by atoms with E-state index in [2.05, 4.69) is 27.5 Å². The van der Waals surface area contributed by atoms with Crippen LogP contribution in [0, 0.1) is 0 Å². The van der Waals surface area contributed by atoms with Crippen LogP contribution in [-0.4, -0.2) is 38.6 Å². The molecule has 2 aromatic carbocycles. The third kappa shape index (κ3) is 5.71. The van der Waals surface area contributed by atoms with Crippen molar-refractivity contribution in [3.05, 3.63) is 59.7 Å². The van der Waals surface area contributed by atoms with E-state index in [-0.39, 0.29) is 34.9 Å². The average Bonchev–Trinajstić information content (AvgIpc) is 3.27. The van der Waals surface area contributed by atoms with E-state index in [0.717, 1.165) is 25.7 Å². The molecule has 0 aromatic heterocycles. The molecule has 8 heteroatoms. The highest BCUT2D eigenvalue weighted by atomic mass is 19.3. The van der Waals surface area contributed by atoms with Gasteiger partial charge in [-0.05, 0) is 36.6 Å². The minimum absolute atomic E-state index is 0.00318. The number of nitrogens with one attached hydrogen (secondary N) is 2. The lowest BCUT2D eigenvalue weighted by molar-refractivity contribution is -0.120. The van der Waals surface area contributed by atoms with Gasteiger partial charge in [0.15, 0.2) is 11.5 Å². The van der Waals surface area contributed by atoms with E-state index in [0.29, 0.717) is 6.54 Å². The van der Waals surface area contributed by atoms with Crippen molar-refractivity contribution < 1.29 is 27.8 Å². The van der Waals surface area contributed by atoms with Crippen molar-refractivity contribution in [1.29, 1.82) is 0 Å². The lowest BCUT2D eigenvalue weighted by Crippen LogP contribution is -2.43. The number of alkyl halides is 2. The number of hydrogen-bond acceptors (Lipinski definition) is 4. The molecule has 2 N–H and O–H groups in total. The summed E-state index contributed by atoms with van der Waals surface area (Å²) in [5, 5.41) is 5.48. The number of amides is 2. The number of hydrogen-bond donors (Lipinski definition) is 2. The Bertz CT molecular complexity index is 900. The molecule has 0 radical (unpaired) electrons. The summed E-state index contributed by atoms with van der Waals surface area (Å²) < 4.78 is 34.2. The highest BCUT2D eigenvalue weighted by molar-refractivity contribution is 5.97. The van der Waals surface area contributed by atoms with Gasteiger partial charge in [0.2, 0.25) is 5.91 Å². The summed E-state index contributed by atoms with van der Waals surface area (Å²) in [6.45, 7) is -2.68. The molecule has 1 saturated carbocycles. The molecule has 1 fully saturated rings. The molecule has 2 aromatic rings. The van der Waals surface area contributed by atoms with Gasteiger partial charge in [0.25, 0.3) is 5.91 Å². The zero-order chi connectivity index (χ0) is 22.3. The van der Waals surface area contributed by atoms with E-state index in [4.69, 9.17) is 4.74 Å². The van der Waals surface area contributed by atoms with Crippen molar-refractivity contribution in [2.75, 3.05) is 20.2 Å². The molecule has 1 aliphatic rings. The maximum Gasteiger partial charge on any atom is 0.387 e. The fraction of sp³-hybridized carbons (Fsp3) is 0.391.